The van der Waals surface area contributed by atoms with Gasteiger partial charge in [-0.1, -0.05) is 38.4 Å². The lowest BCUT2D eigenvalue weighted by molar-refractivity contribution is 0.198. The van der Waals surface area contributed by atoms with Crippen molar-refractivity contribution in [3.05, 3.63) is 46.8 Å². The number of benzene rings is 1. The van der Waals surface area contributed by atoms with Gasteiger partial charge in [0.25, 0.3) is 0 Å². The third kappa shape index (κ3) is 3.56. The molecule has 1 fully saturated rings. The van der Waals surface area contributed by atoms with Crippen LogP contribution >= 0.6 is 11.6 Å². The zero-order valence-corrected chi connectivity index (χ0v) is 16.9. The number of aromatic nitrogens is 4. The molecule has 0 radical (unpaired) electrons. The van der Waals surface area contributed by atoms with Gasteiger partial charge in [0, 0.05) is 23.5 Å². The van der Waals surface area contributed by atoms with Gasteiger partial charge in [0.1, 0.15) is 11.6 Å². The fraction of sp³-hybridized carbons (Fsp3) is 0.450. The van der Waals surface area contributed by atoms with Crippen molar-refractivity contribution in [1.29, 1.82) is 0 Å². The maximum atomic E-state index is 13.4. The summed E-state index contributed by atoms with van der Waals surface area (Å²) in [5.74, 6) is 1.09. The van der Waals surface area contributed by atoms with Crippen molar-refractivity contribution < 1.29 is 9.50 Å². The van der Waals surface area contributed by atoms with Gasteiger partial charge in [-0.05, 0) is 24.1 Å². The van der Waals surface area contributed by atoms with E-state index in [0.29, 0.717) is 41.5 Å². The second kappa shape index (κ2) is 6.97. The zero-order chi connectivity index (χ0) is 20.1. The molecule has 0 amide bonds. The molecule has 3 heterocycles. The number of halogens is 2. The van der Waals surface area contributed by atoms with Crippen LogP contribution in [0.4, 0.5) is 10.2 Å². The second-order valence-corrected chi connectivity index (χ2v) is 8.70. The maximum Gasteiger partial charge on any atom is 0.166 e. The van der Waals surface area contributed by atoms with Crippen molar-refractivity contribution in [2.45, 2.75) is 45.3 Å². The molecule has 1 saturated heterocycles. The summed E-state index contributed by atoms with van der Waals surface area (Å²) in [6.07, 6.45) is 2.06. The Morgan fingerprint density at radius 3 is 2.71 bits per heavy atom. The Morgan fingerprint density at radius 2 is 2.07 bits per heavy atom. The lowest BCUT2D eigenvalue weighted by Gasteiger charge is -2.22. The number of aliphatic hydroxyl groups is 1. The summed E-state index contributed by atoms with van der Waals surface area (Å²) in [6.45, 7) is 7.88. The molecule has 3 aromatic rings. The molecular weight excluding hydrogens is 381 g/mol. The fourth-order valence-electron chi connectivity index (χ4n) is 3.37. The van der Waals surface area contributed by atoms with Gasteiger partial charge >= 0.3 is 0 Å². The minimum absolute atomic E-state index is 0.246. The Labute approximate surface area is 168 Å². The molecular formula is C20H23ClFN5O. The Kier molecular flexibility index (Phi) is 4.75. The number of anilines is 1. The molecule has 0 spiro atoms. The normalized spacial score (nSPS) is 17.6. The minimum Gasteiger partial charge on any atom is -0.391 e. The number of aliphatic hydroxyl groups excluding tert-OH is 1. The van der Waals surface area contributed by atoms with Crippen molar-refractivity contribution in [2.24, 2.45) is 0 Å². The third-order valence-electron chi connectivity index (χ3n) is 4.94. The smallest absolute Gasteiger partial charge is 0.166 e. The topological polar surface area (TPSA) is 67.1 Å². The molecule has 148 valence electrons. The van der Waals surface area contributed by atoms with E-state index in [1.807, 2.05) is 4.57 Å². The van der Waals surface area contributed by atoms with Gasteiger partial charge in [-0.3, -0.25) is 0 Å². The molecule has 1 aromatic carbocycles. The number of fused-ring (bicyclic) bond motifs is 1. The van der Waals surface area contributed by atoms with Crippen LogP contribution in [0, 0.1) is 5.82 Å². The van der Waals surface area contributed by atoms with Gasteiger partial charge in [-0.2, -0.15) is 0 Å². The van der Waals surface area contributed by atoms with Crippen LogP contribution in [0.3, 0.4) is 0 Å². The average molecular weight is 404 g/mol. The van der Waals surface area contributed by atoms with Crippen LogP contribution < -0.4 is 4.90 Å². The van der Waals surface area contributed by atoms with Gasteiger partial charge in [0.05, 0.1) is 19.0 Å². The van der Waals surface area contributed by atoms with Gasteiger partial charge < -0.3 is 14.6 Å². The quantitative estimate of drug-likeness (QED) is 0.724. The van der Waals surface area contributed by atoms with Crippen LogP contribution in [0.25, 0.3) is 11.2 Å². The lowest BCUT2D eigenvalue weighted by Crippen LogP contribution is -2.25. The Balaban J connectivity index is 1.82. The van der Waals surface area contributed by atoms with Crippen LogP contribution in [-0.4, -0.2) is 43.8 Å². The molecule has 4 rings (SSSR count). The van der Waals surface area contributed by atoms with Crippen molar-refractivity contribution in [3.63, 3.8) is 0 Å². The van der Waals surface area contributed by atoms with Gasteiger partial charge in [0.15, 0.2) is 17.0 Å². The first-order valence-electron chi connectivity index (χ1n) is 9.32. The number of hydrogen-bond acceptors (Lipinski definition) is 5. The fourth-order valence-corrected chi connectivity index (χ4v) is 3.60. The minimum atomic E-state index is -0.364. The summed E-state index contributed by atoms with van der Waals surface area (Å²) in [5.41, 5.74) is 1.94. The number of rotatable bonds is 3. The van der Waals surface area contributed by atoms with E-state index in [4.69, 9.17) is 21.6 Å². The molecule has 8 heteroatoms. The first-order chi connectivity index (χ1) is 13.2. The summed E-state index contributed by atoms with van der Waals surface area (Å²) in [5, 5.41) is 10.3. The van der Waals surface area contributed by atoms with Gasteiger partial charge in [-0.15, -0.1) is 0 Å². The molecule has 1 aliphatic rings. The molecule has 1 unspecified atom stereocenters. The summed E-state index contributed by atoms with van der Waals surface area (Å²) in [6, 6.07) is 4.38. The van der Waals surface area contributed by atoms with E-state index in [9.17, 15) is 9.50 Å². The molecule has 0 bridgehead atoms. The van der Waals surface area contributed by atoms with Gasteiger partial charge in [-0.25, -0.2) is 19.3 Å². The number of imidazole rings is 1. The number of nitrogens with zero attached hydrogens (tertiary/aromatic N) is 5. The highest BCUT2D eigenvalue weighted by molar-refractivity contribution is 6.31. The predicted octanol–water partition coefficient (Wildman–Crippen LogP) is 3.54. The second-order valence-electron chi connectivity index (χ2n) is 8.29. The molecule has 2 aromatic heterocycles. The lowest BCUT2D eigenvalue weighted by atomic mass is 9.96. The number of β-amino-alcohol motifs (C(OH)–C–C–N with tert-alkyl or cyclic N) is 1. The van der Waals surface area contributed by atoms with E-state index in [-0.39, 0.29) is 17.3 Å². The summed E-state index contributed by atoms with van der Waals surface area (Å²) >= 11 is 6.21. The molecule has 0 aliphatic carbocycles. The van der Waals surface area contributed by atoms with E-state index in [2.05, 4.69) is 30.7 Å². The molecule has 0 saturated carbocycles. The summed E-state index contributed by atoms with van der Waals surface area (Å²) in [4.78, 5) is 16.2. The largest absolute Gasteiger partial charge is 0.391 e. The highest BCUT2D eigenvalue weighted by atomic mass is 35.5. The molecule has 28 heavy (non-hydrogen) atoms. The monoisotopic (exact) mass is 403 g/mol. The van der Waals surface area contributed by atoms with E-state index >= 15 is 0 Å². The first kappa shape index (κ1) is 19.1. The Hall–Kier alpha value is -2.25. The van der Waals surface area contributed by atoms with E-state index < -0.39 is 0 Å². The summed E-state index contributed by atoms with van der Waals surface area (Å²) in [7, 11) is 0. The SMILES string of the molecule is CC(C)(C)c1nc(N2CCC(O)C2)c2ncn(Cc3ccc(F)cc3Cl)c2n1. The molecule has 6 nitrogen and oxygen atoms in total. The van der Waals surface area contributed by atoms with Crippen LogP contribution in [0.5, 0.6) is 0 Å². The molecule has 1 aliphatic heterocycles. The first-order valence-corrected chi connectivity index (χ1v) is 9.70. The molecule has 1 atom stereocenters. The Bertz CT molecular complexity index is 1030. The average Bonchev–Trinajstić information content (AvgIpc) is 3.22. The highest BCUT2D eigenvalue weighted by Crippen LogP contribution is 2.30. The number of hydrogen-bond donors (Lipinski definition) is 1. The highest BCUT2D eigenvalue weighted by Gasteiger charge is 2.28. The van der Waals surface area contributed by atoms with Crippen LogP contribution in [0.2, 0.25) is 5.02 Å². The van der Waals surface area contributed by atoms with Crippen LogP contribution in [0.15, 0.2) is 24.5 Å². The third-order valence-corrected chi connectivity index (χ3v) is 5.29. The zero-order valence-electron chi connectivity index (χ0n) is 16.2. The van der Waals surface area contributed by atoms with E-state index in [1.165, 1.54) is 12.1 Å². The molecule has 1 N–H and O–H groups in total. The van der Waals surface area contributed by atoms with Crippen molar-refractivity contribution in [2.75, 3.05) is 18.0 Å². The van der Waals surface area contributed by atoms with Crippen molar-refractivity contribution >= 4 is 28.6 Å². The van der Waals surface area contributed by atoms with Crippen molar-refractivity contribution in [3.8, 4) is 0 Å². The summed E-state index contributed by atoms with van der Waals surface area (Å²) < 4.78 is 15.3. The van der Waals surface area contributed by atoms with E-state index in [0.717, 1.165) is 17.9 Å². The Morgan fingerprint density at radius 1 is 1.29 bits per heavy atom. The maximum absolute atomic E-state index is 13.4. The van der Waals surface area contributed by atoms with Crippen LogP contribution in [-0.2, 0) is 12.0 Å². The predicted molar refractivity (Wildman–Crippen MR) is 107 cm³/mol. The van der Waals surface area contributed by atoms with Crippen LogP contribution in [0.1, 0.15) is 38.6 Å². The standard InChI is InChI=1S/C20H23ClFN5O/c1-20(2,3)19-24-17(26-7-6-14(28)10-26)16-18(25-19)27(11-23-16)9-12-4-5-13(22)8-15(12)21/h4-5,8,11,14,28H,6-7,9-10H2,1-3H3. The van der Waals surface area contributed by atoms with Crippen molar-refractivity contribution in [1.82, 2.24) is 19.5 Å². The van der Waals surface area contributed by atoms with E-state index in [1.54, 1.807) is 12.4 Å². The van der Waals surface area contributed by atoms with Gasteiger partial charge in [0.2, 0.25) is 0 Å².